The van der Waals surface area contributed by atoms with Crippen molar-refractivity contribution in [2.75, 3.05) is 11.9 Å². The van der Waals surface area contributed by atoms with Crippen molar-refractivity contribution in [1.82, 2.24) is 4.98 Å². The molecule has 5 heteroatoms. The van der Waals surface area contributed by atoms with E-state index >= 15 is 0 Å². The molecule has 1 rings (SSSR count). The molecule has 1 atom stereocenters. The van der Waals surface area contributed by atoms with Crippen LogP contribution in [0, 0.1) is 6.92 Å². The van der Waals surface area contributed by atoms with Gasteiger partial charge in [0, 0.05) is 6.54 Å². The van der Waals surface area contributed by atoms with Crippen molar-refractivity contribution < 1.29 is 15.0 Å². The summed E-state index contributed by atoms with van der Waals surface area (Å²) in [6, 6.07) is 3.16. The molecule has 0 amide bonds. The van der Waals surface area contributed by atoms with Gasteiger partial charge in [-0.05, 0) is 31.9 Å². The van der Waals surface area contributed by atoms with Crippen molar-refractivity contribution in [3.8, 4) is 0 Å². The predicted molar refractivity (Wildman–Crippen MR) is 65.3 cm³/mol. The third-order valence-corrected chi connectivity index (χ3v) is 2.57. The Morgan fingerprint density at radius 2 is 2.24 bits per heavy atom. The number of carbonyl (C=O) groups is 1. The Balaban J connectivity index is 2.56. The maximum absolute atomic E-state index is 10.8. The van der Waals surface area contributed by atoms with E-state index < -0.39 is 5.97 Å². The minimum atomic E-state index is -0.969. The van der Waals surface area contributed by atoms with Gasteiger partial charge in [0.1, 0.15) is 5.82 Å². The Bertz CT molecular complexity index is 393. The van der Waals surface area contributed by atoms with Crippen molar-refractivity contribution in [1.29, 1.82) is 0 Å². The second-order valence-electron chi connectivity index (χ2n) is 3.91. The van der Waals surface area contributed by atoms with Crippen LogP contribution < -0.4 is 5.32 Å². The number of hydrogen-bond acceptors (Lipinski definition) is 4. The van der Waals surface area contributed by atoms with Crippen LogP contribution in [0.4, 0.5) is 5.82 Å². The molecule has 3 N–H and O–H groups in total. The number of carboxylic acid groups (broad SMARTS) is 1. The highest BCUT2D eigenvalue weighted by molar-refractivity contribution is 5.89. The number of anilines is 1. The number of aromatic nitrogens is 1. The third-order valence-electron chi connectivity index (χ3n) is 2.57. The van der Waals surface area contributed by atoms with Gasteiger partial charge in [0.05, 0.1) is 17.4 Å². The van der Waals surface area contributed by atoms with E-state index in [0.717, 1.165) is 6.42 Å². The van der Waals surface area contributed by atoms with E-state index in [1.165, 1.54) is 6.07 Å². The number of rotatable bonds is 6. The SMILES string of the molecule is CCC(O)CCNc1ccc(C(=O)O)c(C)n1. The lowest BCUT2D eigenvalue weighted by atomic mass is 10.2. The van der Waals surface area contributed by atoms with Crippen LogP contribution in [0.25, 0.3) is 0 Å². The van der Waals surface area contributed by atoms with E-state index in [0.29, 0.717) is 24.5 Å². The summed E-state index contributed by atoms with van der Waals surface area (Å²) in [5, 5.41) is 21.3. The lowest BCUT2D eigenvalue weighted by Gasteiger charge is -2.10. The number of aliphatic hydroxyl groups is 1. The lowest BCUT2D eigenvalue weighted by molar-refractivity contribution is 0.0695. The summed E-state index contributed by atoms with van der Waals surface area (Å²) in [6.45, 7) is 4.21. The zero-order chi connectivity index (χ0) is 12.8. The summed E-state index contributed by atoms with van der Waals surface area (Å²) in [4.78, 5) is 14.9. The quantitative estimate of drug-likeness (QED) is 0.702. The number of aryl methyl sites for hydroxylation is 1. The minimum absolute atomic E-state index is 0.212. The Hall–Kier alpha value is -1.62. The molecule has 0 spiro atoms. The van der Waals surface area contributed by atoms with Crippen molar-refractivity contribution >= 4 is 11.8 Å². The molecule has 94 valence electrons. The lowest BCUT2D eigenvalue weighted by Crippen LogP contribution is -2.13. The van der Waals surface area contributed by atoms with E-state index in [1.54, 1.807) is 13.0 Å². The van der Waals surface area contributed by atoms with Gasteiger partial charge >= 0.3 is 5.97 Å². The van der Waals surface area contributed by atoms with Crippen LogP contribution in [-0.2, 0) is 0 Å². The monoisotopic (exact) mass is 238 g/mol. The van der Waals surface area contributed by atoms with Gasteiger partial charge in [0.15, 0.2) is 0 Å². The maximum Gasteiger partial charge on any atom is 0.337 e. The van der Waals surface area contributed by atoms with Crippen molar-refractivity contribution in [2.45, 2.75) is 32.8 Å². The largest absolute Gasteiger partial charge is 0.478 e. The molecule has 0 aliphatic carbocycles. The minimum Gasteiger partial charge on any atom is -0.478 e. The molecule has 0 aromatic carbocycles. The maximum atomic E-state index is 10.8. The fourth-order valence-electron chi connectivity index (χ4n) is 1.46. The number of pyridine rings is 1. The first-order valence-corrected chi connectivity index (χ1v) is 5.67. The fraction of sp³-hybridized carbons (Fsp3) is 0.500. The topological polar surface area (TPSA) is 82.5 Å². The molecule has 0 aliphatic heterocycles. The predicted octanol–water partition coefficient (Wildman–Crippen LogP) is 1.66. The van der Waals surface area contributed by atoms with Crippen LogP contribution in [0.3, 0.4) is 0 Å². The molecule has 0 fully saturated rings. The highest BCUT2D eigenvalue weighted by Crippen LogP contribution is 2.10. The number of hydrogen-bond donors (Lipinski definition) is 3. The van der Waals surface area contributed by atoms with E-state index in [-0.39, 0.29) is 11.7 Å². The number of nitrogens with zero attached hydrogens (tertiary/aromatic N) is 1. The molecule has 1 heterocycles. The second kappa shape index (κ2) is 6.20. The van der Waals surface area contributed by atoms with E-state index in [1.807, 2.05) is 6.92 Å². The van der Waals surface area contributed by atoms with Gasteiger partial charge in [0.2, 0.25) is 0 Å². The molecular formula is C12H18N2O3. The molecule has 0 radical (unpaired) electrons. The van der Waals surface area contributed by atoms with Crippen LogP contribution >= 0.6 is 0 Å². The van der Waals surface area contributed by atoms with Gasteiger partial charge in [-0.15, -0.1) is 0 Å². The van der Waals surface area contributed by atoms with Gasteiger partial charge in [0.25, 0.3) is 0 Å². The molecule has 0 aliphatic rings. The Morgan fingerprint density at radius 1 is 1.53 bits per heavy atom. The fourth-order valence-corrected chi connectivity index (χ4v) is 1.46. The van der Waals surface area contributed by atoms with Gasteiger partial charge in [-0.2, -0.15) is 0 Å². The van der Waals surface area contributed by atoms with Gasteiger partial charge in [-0.3, -0.25) is 0 Å². The molecule has 1 unspecified atom stereocenters. The number of aromatic carboxylic acids is 1. The molecule has 0 saturated heterocycles. The standard InChI is InChI=1S/C12H18N2O3/c1-3-9(15)6-7-13-11-5-4-10(12(16)17)8(2)14-11/h4-5,9,15H,3,6-7H2,1-2H3,(H,13,14)(H,16,17). The van der Waals surface area contributed by atoms with E-state index in [4.69, 9.17) is 5.11 Å². The van der Waals surface area contributed by atoms with Crippen molar-refractivity contribution in [2.24, 2.45) is 0 Å². The molecule has 1 aromatic heterocycles. The van der Waals surface area contributed by atoms with Crippen LogP contribution in [0.1, 0.15) is 35.8 Å². The Labute approximate surface area is 101 Å². The summed E-state index contributed by atoms with van der Waals surface area (Å²) in [5.41, 5.74) is 0.697. The summed E-state index contributed by atoms with van der Waals surface area (Å²) in [7, 11) is 0. The van der Waals surface area contributed by atoms with E-state index in [9.17, 15) is 9.90 Å². The van der Waals surface area contributed by atoms with Gasteiger partial charge in [-0.1, -0.05) is 6.92 Å². The molecule has 0 bridgehead atoms. The first-order chi connectivity index (χ1) is 8.04. The highest BCUT2D eigenvalue weighted by Gasteiger charge is 2.08. The average Bonchev–Trinajstić information content (AvgIpc) is 2.28. The van der Waals surface area contributed by atoms with Crippen LogP contribution in [0.5, 0.6) is 0 Å². The summed E-state index contributed by atoms with van der Waals surface area (Å²) >= 11 is 0. The zero-order valence-corrected chi connectivity index (χ0v) is 10.1. The van der Waals surface area contributed by atoms with Crippen LogP contribution in [-0.4, -0.2) is 33.8 Å². The highest BCUT2D eigenvalue weighted by atomic mass is 16.4. The smallest absolute Gasteiger partial charge is 0.337 e. The number of aliphatic hydroxyl groups excluding tert-OH is 1. The van der Waals surface area contributed by atoms with Crippen molar-refractivity contribution in [3.63, 3.8) is 0 Å². The van der Waals surface area contributed by atoms with E-state index in [2.05, 4.69) is 10.3 Å². The first kappa shape index (κ1) is 13.4. The Kier molecular flexibility index (Phi) is 4.90. The van der Waals surface area contributed by atoms with Gasteiger partial charge < -0.3 is 15.5 Å². The normalized spacial score (nSPS) is 12.2. The molecule has 0 saturated carbocycles. The zero-order valence-electron chi connectivity index (χ0n) is 10.1. The summed E-state index contributed by atoms with van der Waals surface area (Å²) < 4.78 is 0. The summed E-state index contributed by atoms with van der Waals surface area (Å²) in [5.74, 6) is -0.334. The third kappa shape index (κ3) is 4.03. The average molecular weight is 238 g/mol. The summed E-state index contributed by atoms with van der Waals surface area (Å²) in [6.07, 6.45) is 1.08. The molecule has 5 nitrogen and oxygen atoms in total. The van der Waals surface area contributed by atoms with Crippen molar-refractivity contribution in [3.05, 3.63) is 23.4 Å². The van der Waals surface area contributed by atoms with Crippen LogP contribution in [0.2, 0.25) is 0 Å². The molecular weight excluding hydrogens is 220 g/mol. The number of carboxylic acids is 1. The molecule has 17 heavy (non-hydrogen) atoms. The van der Waals surface area contributed by atoms with Crippen LogP contribution in [0.15, 0.2) is 12.1 Å². The second-order valence-corrected chi connectivity index (χ2v) is 3.91. The number of nitrogens with one attached hydrogen (secondary N) is 1. The van der Waals surface area contributed by atoms with Gasteiger partial charge in [-0.25, -0.2) is 9.78 Å². The Morgan fingerprint density at radius 3 is 2.76 bits per heavy atom. The molecule has 1 aromatic rings. The first-order valence-electron chi connectivity index (χ1n) is 5.67.